The second-order valence-corrected chi connectivity index (χ2v) is 12.8. The van der Waals surface area contributed by atoms with Crippen LogP contribution in [0.25, 0.3) is 0 Å². The van der Waals surface area contributed by atoms with Gasteiger partial charge in [-0.3, -0.25) is 24.1 Å². The molecule has 0 aromatic heterocycles. The highest BCUT2D eigenvalue weighted by molar-refractivity contribution is 6.30. The van der Waals surface area contributed by atoms with Crippen molar-refractivity contribution < 1.29 is 38.1 Å². The van der Waals surface area contributed by atoms with Crippen LogP contribution in [-0.4, -0.2) is 135 Å². The van der Waals surface area contributed by atoms with Crippen molar-refractivity contribution in [1.82, 2.24) is 19.6 Å². The van der Waals surface area contributed by atoms with Gasteiger partial charge in [-0.1, -0.05) is 41.4 Å². The number of nitrogens with zero attached hydrogens (tertiary/aromatic N) is 4. The van der Waals surface area contributed by atoms with Gasteiger partial charge in [-0.2, -0.15) is 0 Å². The molecule has 49 heavy (non-hydrogen) atoms. The lowest BCUT2D eigenvalue weighted by molar-refractivity contribution is -0.159. The van der Waals surface area contributed by atoms with Crippen LogP contribution in [0.4, 0.5) is 0 Å². The zero-order valence-electron chi connectivity index (χ0n) is 28.4. The molecule has 2 aromatic rings. The molecule has 2 atom stereocenters. The summed E-state index contributed by atoms with van der Waals surface area (Å²) in [5.41, 5.74) is 0.874. The molecule has 268 valence electrons. The maximum atomic E-state index is 14.1. The first-order valence-electron chi connectivity index (χ1n) is 16.6. The summed E-state index contributed by atoms with van der Waals surface area (Å²) in [7, 11) is 3.09. The van der Waals surface area contributed by atoms with Crippen LogP contribution in [-0.2, 0) is 41.5 Å². The monoisotopic (exact) mass is 720 g/mol. The molecule has 2 aliphatic heterocycles. The van der Waals surface area contributed by atoms with E-state index in [2.05, 4.69) is 4.90 Å². The fourth-order valence-electron chi connectivity index (χ4n) is 5.99. The number of halogens is 2. The Bertz CT molecular complexity index is 1420. The van der Waals surface area contributed by atoms with E-state index in [1.54, 1.807) is 32.2 Å². The van der Waals surface area contributed by atoms with Gasteiger partial charge in [0.05, 0.1) is 40.5 Å². The number of amides is 3. The minimum atomic E-state index is -1.09. The number of hydrogen-bond acceptors (Lipinski definition) is 9. The van der Waals surface area contributed by atoms with Gasteiger partial charge < -0.3 is 33.6 Å². The third-order valence-electron chi connectivity index (χ3n) is 8.67. The van der Waals surface area contributed by atoms with Gasteiger partial charge in [0.15, 0.2) is 11.5 Å². The Kier molecular flexibility index (Phi) is 14.8. The predicted octanol–water partition coefficient (Wildman–Crippen LogP) is 3.25. The Morgan fingerprint density at radius 2 is 1.69 bits per heavy atom. The van der Waals surface area contributed by atoms with Crippen molar-refractivity contribution in [2.45, 2.75) is 44.1 Å². The van der Waals surface area contributed by atoms with Crippen LogP contribution in [0.15, 0.2) is 42.5 Å². The van der Waals surface area contributed by atoms with Crippen LogP contribution in [0, 0.1) is 0 Å². The van der Waals surface area contributed by atoms with Gasteiger partial charge in [0, 0.05) is 44.2 Å². The molecular formula is C35H46Cl2N4O8. The summed E-state index contributed by atoms with van der Waals surface area (Å²) in [4.78, 5) is 60.9. The van der Waals surface area contributed by atoms with Crippen molar-refractivity contribution in [3.05, 3.63) is 58.6 Å². The lowest BCUT2D eigenvalue weighted by Gasteiger charge is -2.42. The first kappa shape index (κ1) is 38.2. The zero-order valence-corrected chi connectivity index (χ0v) is 29.9. The van der Waals surface area contributed by atoms with Crippen LogP contribution >= 0.6 is 23.2 Å². The van der Waals surface area contributed by atoms with E-state index in [1.165, 1.54) is 21.8 Å². The van der Waals surface area contributed by atoms with E-state index in [0.29, 0.717) is 49.1 Å². The first-order valence-corrected chi connectivity index (χ1v) is 17.4. The molecule has 2 aliphatic rings. The summed E-state index contributed by atoms with van der Waals surface area (Å²) >= 11 is 12.8. The van der Waals surface area contributed by atoms with Crippen LogP contribution in [0.2, 0.25) is 5.02 Å². The minimum Gasteiger partial charge on any atom is -0.493 e. The smallest absolute Gasteiger partial charge is 0.325 e. The van der Waals surface area contributed by atoms with Crippen LogP contribution in [0.3, 0.4) is 0 Å². The lowest BCUT2D eigenvalue weighted by atomic mass is 10.0. The Morgan fingerprint density at radius 1 is 1.00 bits per heavy atom. The summed E-state index contributed by atoms with van der Waals surface area (Å²) in [6, 6.07) is 11.5. The number of alkyl halides is 1. The largest absolute Gasteiger partial charge is 0.493 e. The first-order chi connectivity index (χ1) is 23.6. The number of rotatable bonds is 17. The summed E-state index contributed by atoms with van der Waals surface area (Å²) in [5, 5.41) is 0.573. The van der Waals surface area contributed by atoms with Crippen molar-refractivity contribution in [1.29, 1.82) is 0 Å². The molecule has 2 heterocycles. The van der Waals surface area contributed by atoms with Crippen molar-refractivity contribution in [2.75, 3.05) is 79.9 Å². The number of methoxy groups -OCH3 is 2. The van der Waals surface area contributed by atoms with Gasteiger partial charge in [0.2, 0.25) is 17.7 Å². The molecule has 0 N–H and O–H groups in total. The maximum absolute atomic E-state index is 14.1. The van der Waals surface area contributed by atoms with E-state index in [-0.39, 0.29) is 45.0 Å². The van der Waals surface area contributed by atoms with Crippen molar-refractivity contribution in [2.24, 2.45) is 0 Å². The summed E-state index contributed by atoms with van der Waals surface area (Å²) < 4.78 is 21.4. The molecule has 2 unspecified atom stereocenters. The van der Waals surface area contributed by atoms with Crippen LogP contribution < -0.4 is 9.47 Å². The average Bonchev–Trinajstić information content (AvgIpc) is 3.10. The number of benzene rings is 2. The van der Waals surface area contributed by atoms with Crippen LogP contribution in [0.5, 0.6) is 11.5 Å². The zero-order chi connectivity index (χ0) is 35.3. The Balaban J connectivity index is 1.53. The molecule has 14 heteroatoms. The molecule has 2 aromatic carbocycles. The second kappa shape index (κ2) is 19.0. The van der Waals surface area contributed by atoms with Gasteiger partial charge >= 0.3 is 5.97 Å². The van der Waals surface area contributed by atoms with Gasteiger partial charge in [0.25, 0.3) is 0 Å². The third-order valence-corrected chi connectivity index (χ3v) is 9.31. The van der Waals surface area contributed by atoms with E-state index in [1.807, 2.05) is 24.3 Å². The summed E-state index contributed by atoms with van der Waals surface area (Å²) in [5.74, 6) is -0.618. The van der Waals surface area contributed by atoms with Gasteiger partial charge in [0.1, 0.15) is 24.6 Å². The number of carbonyl (C=O) groups excluding carboxylic acids is 4. The van der Waals surface area contributed by atoms with E-state index in [9.17, 15) is 19.2 Å². The van der Waals surface area contributed by atoms with E-state index in [0.717, 1.165) is 30.8 Å². The quantitative estimate of drug-likeness (QED) is 0.138. The highest BCUT2D eigenvalue weighted by atomic mass is 35.5. The SMILES string of the molecule is CCOC(=O)CN(CCc1ccc(OC)c(OC)c1)C(=O)CC1C(=O)N(C(Cl)Cc2ccc(Cl)cc2)CC(=O)N1CCCN1CCOCC1. The normalized spacial score (nSPS) is 17.5. The van der Waals surface area contributed by atoms with Crippen molar-refractivity contribution in [3.8, 4) is 11.5 Å². The number of morpholine rings is 1. The maximum Gasteiger partial charge on any atom is 0.325 e. The molecule has 0 saturated carbocycles. The van der Waals surface area contributed by atoms with E-state index in [4.69, 9.17) is 42.1 Å². The Morgan fingerprint density at radius 3 is 2.37 bits per heavy atom. The summed E-state index contributed by atoms with van der Waals surface area (Å²) in [6.07, 6.45) is 0.984. The highest BCUT2D eigenvalue weighted by Gasteiger charge is 2.43. The predicted molar refractivity (Wildman–Crippen MR) is 185 cm³/mol. The fourth-order valence-corrected chi connectivity index (χ4v) is 6.46. The molecule has 12 nitrogen and oxygen atoms in total. The summed E-state index contributed by atoms with van der Waals surface area (Å²) in [6.45, 7) is 5.42. The Hall–Kier alpha value is -3.58. The number of carbonyl (C=O) groups is 4. The molecule has 0 spiro atoms. The number of esters is 1. The Labute approximate surface area is 298 Å². The minimum absolute atomic E-state index is 0.156. The number of piperazine rings is 1. The molecule has 2 saturated heterocycles. The molecule has 3 amide bonds. The standard InChI is InChI=1S/C35H46Cl2N4O8/c1-4-49-34(44)24-39(15-12-26-8-11-29(46-2)30(20-26)47-3)32(42)22-28-35(45)41(31(37)21-25-6-9-27(36)10-7-25)23-33(43)40(28)14-5-13-38-16-18-48-19-17-38/h6-11,20,28,31H,4-5,12-19,21-24H2,1-3H3. The highest BCUT2D eigenvalue weighted by Crippen LogP contribution is 2.28. The third kappa shape index (κ3) is 11.0. The average molecular weight is 722 g/mol. The van der Waals surface area contributed by atoms with Gasteiger partial charge in [-0.15, -0.1) is 0 Å². The van der Waals surface area contributed by atoms with Gasteiger partial charge in [-0.25, -0.2) is 0 Å². The van der Waals surface area contributed by atoms with E-state index >= 15 is 0 Å². The molecule has 2 fully saturated rings. The molecular weight excluding hydrogens is 675 g/mol. The van der Waals surface area contributed by atoms with Crippen molar-refractivity contribution in [3.63, 3.8) is 0 Å². The molecule has 0 bridgehead atoms. The van der Waals surface area contributed by atoms with Gasteiger partial charge in [-0.05, 0) is 55.2 Å². The molecule has 4 rings (SSSR count). The lowest BCUT2D eigenvalue weighted by Crippen LogP contribution is -2.63. The topological polar surface area (TPSA) is 118 Å². The van der Waals surface area contributed by atoms with E-state index < -0.39 is 29.3 Å². The molecule has 0 aliphatic carbocycles. The molecule has 0 radical (unpaired) electrons. The number of hydrogen-bond donors (Lipinski definition) is 0. The van der Waals surface area contributed by atoms with Crippen molar-refractivity contribution >= 4 is 46.9 Å². The van der Waals surface area contributed by atoms with Crippen LogP contribution in [0.1, 0.15) is 30.9 Å². The second-order valence-electron chi connectivity index (χ2n) is 11.9. The number of ether oxygens (including phenoxy) is 4. The fraction of sp³-hybridized carbons (Fsp3) is 0.543.